The van der Waals surface area contributed by atoms with Gasteiger partial charge in [0.15, 0.2) is 0 Å². The first-order valence-corrected chi connectivity index (χ1v) is 7.76. The summed E-state index contributed by atoms with van der Waals surface area (Å²) in [5.41, 5.74) is 5.74. The molecule has 0 spiro atoms. The van der Waals surface area contributed by atoms with Gasteiger partial charge < -0.3 is 5.73 Å². The number of hydrogen-bond donors (Lipinski definition) is 1. The molecule has 0 bridgehead atoms. The third kappa shape index (κ3) is 3.43. The Labute approximate surface area is 117 Å². The van der Waals surface area contributed by atoms with Gasteiger partial charge in [-0.2, -0.15) is 0 Å². The molecule has 0 aromatic carbocycles. The summed E-state index contributed by atoms with van der Waals surface area (Å²) in [5, 5.41) is 0. The fourth-order valence-electron chi connectivity index (χ4n) is 3.28. The highest BCUT2D eigenvalue weighted by Gasteiger charge is 2.28. The standard InChI is InChI=1S/C14H27N3S/c1-11-3-5-13(6-4-11)17-9-7-16(8-10-17)12(2)14(15)18/h11-13H,3-10H2,1-2H3,(H2,15,18). The predicted molar refractivity (Wildman–Crippen MR) is 80.8 cm³/mol. The molecule has 1 aliphatic heterocycles. The summed E-state index contributed by atoms with van der Waals surface area (Å²) < 4.78 is 0. The van der Waals surface area contributed by atoms with Crippen molar-refractivity contribution in [3.8, 4) is 0 Å². The molecule has 0 aromatic rings. The maximum atomic E-state index is 5.74. The van der Waals surface area contributed by atoms with Gasteiger partial charge in [-0.05, 0) is 38.5 Å². The van der Waals surface area contributed by atoms with E-state index in [1.165, 1.54) is 38.8 Å². The van der Waals surface area contributed by atoms with Gasteiger partial charge in [0.1, 0.15) is 0 Å². The van der Waals surface area contributed by atoms with E-state index in [1.54, 1.807) is 0 Å². The minimum Gasteiger partial charge on any atom is -0.392 e. The summed E-state index contributed by atoms with van der Waals surface area (Å²) in [6.07, 6.45) is 5.61. The average Bonchev–Trinajstić information content (AvgIpc) is 2.39. The number of nitrogens with two attached hydrogens (primary N) is 1. The highest BCUT2D eigenvalue weighted by Crippen LogP contribution is 2.27. The van der Waals surface area contributed by atoms with Crippen LogP contribution in [-0.2, 0) is 0 Å². The Kier molecular flexibility index (Phi) is 4.98. The second kappa shape index (κ2) is 6.31. The van der Waals surface area contributed by atoms with Crippen LogP contribution in [0.25, 0.3) is 0 Å². The van der Waals surface area contributed by atoms with E-state index in [0.29, 0.717) is 4.99 Å². The fourth-order valence-corrected chi connectivity index (χ4v) is 3.43. The van der Waals surface area contributed by atoms with Crippen LogP contribution in [-0.4, -0.2) is 53.1 Å². The summed E-state index contributed by atoms with van der Waals surface area (Å²) in [5.74, 6) is 0.942. The Bertz CT molecular complexity index is 279. The lowest BCUT2D eigenvalue weighted by molar-refractivity contribution is 0.0667. The molecule has 0 aromatic heterocycles. The van der Waals surface area contributed by atoms with E-state index < -0.39 is 0 Å². The molecule has 1 heterocycles. The summed E-state index contributed by atoms with van der Waals surface area (Å²) >= 11 is 5.09. The second-order valence-electron chi connectivity index (χ2n) is 6.06. The Morgan fingerprint density at radius 2 is 1.67 bits per heavy atom. The van der Waals surface area contributed by atoms with Crippen LogP contribution in [0.3, 0.4) is 0 Å². The second-order valence-corrected chi connectivity index (χ2v) is 6.54. The molecule has 1 saturated heterocycles. The summed E-state index contributed by atoms with van der Waals surface area (Å²) in [4.78, 5) is 5.74. The lowest BCUT2D eigenvalue weighted by atomic mass is 9.86. The lowest BCUT2D eigenvalue weighted by Crippen LogP contribution is -2.55. The molecule has 2 rings (SSSR count). The topological polar surface area (TPSA) is 32.5 Å². The van der Waals surface area contributed by atoms with E-state index in [2.05, 4.69) is 23.6 Å². The van der Waals surface area contributed by atoms with E-state index in [-0.39, 0.29) is 6.04 Å². The zero-order chi connectivity index (χ0) is 13.1. The number of nitrogens with zero attached hydrogens (tertiary/aromatic N) is 2. The van der Waals surface area contributed by atoms with Gasteiger partial charge in [-0.15, -0.1) is 0 Å². The van der Waals surface area contributed by atoms with Crippen molar-refractivity contribution in [2.75, 3.05) is 26.2 Å². The highest BCUT2D eigenvalue weighted by molar-refractivity contribution is 7.80. The van der Waals surface area contributed by atoms with Crippen molar-refractivity contribution in [2.24, 2.45) is 11.7 Å². The summed E-state index contributed by atoms with van der Waals surface area (Å²) in [6.45, 7) is 9.12. The zero-order valence-electron chi connectivity index (χ0n) is 11.8. The molecular weight excluding hydrogens is 242 g/mol. The normalized spacial score (nSPS) is 33.2. The molecule has 1 saturated carbocycles. The first-order chi connectivity index (χ1) is 8.58. The van der Waals surface area contributed by atoms with Gasteiger partial charge in [0.05, 0.1) is 11.0 Å². The van der Waals surface area contributed by atoms with Crippen molar-refractivity contribution < 1.29 is 0 Å². The quantitative estimate of drug-likeness (QED) is 0.793. The average molecular weight is 269 g/mol. The molecule has 2 fully saturated rings. The van der Waals surface area contributed by atoms with E-state index in [1.807, 2.05) is 0 Å². The molecule has 1 atom stereocenters. The van der Waals surface area contributed by atoms with Gasteiger partial charge >= 0.3 is 0 Å². The molecule has 3 nitrogen and oxygen atoms in total. The van der Waals surface area contributed by atoms with Crippen LogP contribution in [0.5, 0.6) is 0 Å². The third-order valence-corrected chi connectivity index (χ3v) is 5.15. The zero-order valence-corrected chi connectivity index (χ0v) is 12.6. The van der Waals surface area contributed by atoms with E-state index in [4.69, 9.17) is 18.0 Å². The maximum absolute atomic E-state index is 5.74. The smallest absolute Gasteiger partial charge is 0.0899 e. The van der Waals surface area contributed by atoms with Crippen molar-refractivity contribution in [1.82, 2.24) is 9.80 Å². The van der Waals surface area contributed by atoms with Crippen LogP contribution < -0.4 is 5.73 Å². The van der Waals surface area contributed by atoms with Crippen LogP contribution in [0.1, 0.15) is 39.5 Å². The predicted octanol–water partition coefficient (Wildman–Crippen LogP) is 1.86. The number of hydrogen-bond acceptors (Lipinski definition) is 3. The SMILES string of the molecule is CC1CCC(N2CCN(C(C)C(N)=S)CC2)CC1. The molecule has 1 unspecified atom stereocenters. The largest absolute Gasteiger partial charge is 0.392 e. The molecule has 4 heteroatoms. The lowest BCUT2D eigenvalue weighted by Gasteiger charge is -2.43. The molecule has 0 radical (unpaired) electrons. The fraction of sp³-hybridized carbons (Fsp3) is 0.929. The number of thiocarbonyl (C=S) groups is 1. The minimum atomic E-state index is 0.258. The minimum absolute atomic E-state index is 0.258. The Morgan fingerprint density at radius 3 is 2.17 bits per heavy atom. The van der Waals surface area contributed by atoms with Crippen LogP contribution in [0.2, 0.25) is 0 Å². The molecular formula is C14H27N3S. The van der Waals surface area contributed by atoms with Crippen molar-refractivity contribution in [3.05, 3.63) is 0 Å². The van der Waals surface area contributed by atoms with Crippen molar-refractivity contribution in [2.45, 2.75) is 51.6 Å². The molecule has 1 aliphatic carbocycles. The first-order valence-electron chi connectivity index (χ1n) is 7.35. The highest BCUT2D eigenvalue weighted by atomic mass is 32.1. The Hall–Kier alpha value is -0.190. The monoisotopic (exact) mass is 269 g/mol. The van der Waals surface area contributed by atoms with Gasteiger partial charge in [0.25, 0.3) is 0 Å². The Morgan fingerprint density at radius 1 is 1.11 bits per heavy atom. The van der Waals surface area contributed by atoms with Gasteiger partial charge in [-0.1, -0.05) is 19.1 Å². The van der Waals surface area contributed by atoms with Gasteiger partial charge in [-0.25, -0.2) is 0 Å². The van der Waals surface area contributed by atoms with Gasteiger partial charge in [-0.3, -0.25) is 9.80 Å². The van der Waals surface area contributed by atoms with Crippen LogP contribution in [0.4, 0.5) is 0 Å². The number of rotatable bonds is 3. The number of piperazine rings is 1. The van der Waals surface area contributed by atoms with E-state index >= 15 is 0 Å². The Balaban J connectivity index is 1.78. The third-order valence-electron chi connectivity index (χ3n) is 4.81. The van der Waals surface area contributed by atoms with Crippen molar-refractivity contribution >= 4 is 17.2 Å². The van der Waals surface area contributed by atoms with Gasteiger partial charge in [0.2, 0.25) is 0 Å². The molecule has 104 valence electrons. The van der Waals surface area contributed by atoms with Crippen molar-refractivity contribution in [1.29, 1.82) is 0 Å². The maximum Gasteiger partial charge on any atom is 0.0899 e. The van der Waals surface area contributed by atoms with Crippen LogP contribution >= 0.6 is 12.2 Å². The summed E-state index contributed by atoms with van der Waals surface area (Å²) in [6, 6.07) is 1.09. The van der Waals surface area contributed by atoms with Crippen LogP contribution in [0, 0.1) is 5.92 Å². The molecule has 0 amide bonds. The van der Waals surface area contributed by atoms with Gasteiger partial charge in [0, 0.05) is 32.2 Å². The van der Waals surface area contributed by atoms with E-state index in [9.17, 15) is 0 Å². The summed E-state index contributed by atoms with van der Waals surface area (Å²) in [7, 11) is 0. The molecule has 2 N–H and O–H groups in total. The first kappa shape index (κ1) is 14.2. The molecule has 18 heavy (non-hydrogen) atoms. The van der Waals surface area contributed by atoms with E-state index in [0.717, 1.165) is 25.0 Å². The molecule has 2 aliphatic rings. The van der Waals surface area contributed by atoms with Crippen molar-refractivity contribution in [3.63, 3.8) is 0 Å². The van der Waals surface area contributed by atoms with Crippen LogP contribution in [0.15, 0.2) is 0 Å².